The molecule has 1 unspecified atom stereocenters. The van der Waals surface area contributed by atoms with Crippen LogP contribution in [0.25, 0.3) is 5.57 Å². The van der Waals surface area contributed by atoms with Gasteiger partial charge in [-0.3, -0.25) is 9.59 Å². The first-order valence-electron chi connectivity index (χ1n) is 10.8. The monoisotopic (exact) mass is 438 g/mol. The lowest BCUT2D eigenvalue weighted by Gasteiger charge is -2.33. The van der Waals surface area contributed by atoms with Crippen molar-refractivity contribution in [3.05, 3.63) is 64.8 Å². The lowest BCUT2D eigenvalue weighted by atomic mass is 9.97. The number of rotatable bonds is 5. The van der Waals surface area contributed by atoms with E-state index in [-0.39, 0.29) is 17.9 Å². The molecule has 0 aromatic heterocycles. The van der Waals surface area contributed by atoms with Crippen molar-refractivity contribution in [2.75, 3.05) is 18.0 Å². The lowest BCUT2D eigenvalue weighted by molar-refractivity contribution is -0.120. The third-order valence-corrected chi connectivity index (χ3v) is 5.88. The number of ether oxygens (including phenoxy) is 1. The molecule has 1 atom stereocenters. The van der Waals surface area contributed by atoms with Gasteiger partial charge in [-0.1, -0.05) is 30.7 Å². The molecular weight excluding hydrogens is 412 g/mol. The maximum Gasteiger partial charge on any atom is 0.282 e. The van der Waals surface area contributed by atoms with Gasteiger partial charge in [0.2, 0.25) is 0 Å². The SMILES string of the molecule is CC1CCCN(C2=C(c3ccc(OC(C)C)cc3)C(=O)N(c3ccc(Cl)cc3)C2=O)C1. The Bertz CT molecular complexity index is 1010. The minimum atomic E-state index is -0.307. The van der Waals surface area contributed by atoms with E-state index >= 15 is 0 Å². The maximum atomic E-state index is 13.6. The van der Waals surface area contributed by atoms with E-state index in [2.05, 4.69) is 11.8 Å². The summed E-state index contributed by atoms with van der Waals surface area (Å²) >= 11 is 6.01. The van der Waals surface area contributed by atoms with Crippen LogP contribution in [0.1, 0.15) is 39.2 Å². The first-order valence-corrected chi connectivity index (χ1v) is 11.1. The molecular formula is C25H27ClN2O3. The Kier molecular flexibility index (Phi) is 6.05. The standard InChI is InChI=1S/C25H27ClN2O3/c1-16(2)31-21-12-6-18(7-13-21)22-23(27-14-4-5-17(3)15-27)25(30)28(24(22)29)20-10-8-19(26)9-11-20/h6-13,16-17H,4-5,14-15H2,1-3H3. The number of piperidine rings is 1. The molecule has 2 amide bonds. The highest BCUT2D eigenvalue weighted by Gasteiger charge is 2.43. The molecule has 5 nitrogen and oxygen atoms in total. The molecule has 0 radical (unpaired) electrons. The molecule has 2 heterocycles. The van der Waals surface area contributed by atoms with Gasteiger partial charge in [0.25, 0.3) is 11.8 Å². The topological polar surface area (TPSA) is 49.9 Å². The molecule has 31 heavy (non-hydrogen) atoms. The molecule has 0 spiro atoms. The van der Waals surface area contributed by atoms with Gasteiger partial charge in [-0.15, -0.1) is 0 Å². The fraction of sp³-hybridized carbons (Fsp3) is 0.360. The van der Waals surface area contributed by atoms with Crippen molar-refractivity contribution in [2.24, 2.45) is 5.92 Å². The smallest absolute Gasteiger partial charge is 0.282 e. The number of hydrogen-bond donors (Lipinski definition) is 0. The van der Waals surface area contributed by atoms with Gasteiger partial charge in [0.15, 0.2) is 0 Å². The highest BCUT2D eigenvalue weighted by Crippen LogP contribution is 2.37. The molecule has 162 valence electrons. The first-order chi connectivity index (χ1) is 14.8. The van der Waals surface area contributed by atoms with Crippen LogP contribution in [0.15, 0.2) is 54.2 Å². The van der Waals surface area contributed by atoms with Gasteiger partial charge >= 0.3 is 0 Å². The second kappa shape index (κ2) is 8.75. The zero-order valence-corrected chi connectivity index (χ0v) is 18.9. The van der Waals surface area contributed by atoms with Crippen LogP contribution < -0.4 is 9.64 Å². The second-order valence-electron chi connectivity index (χ2n) is 8.53. The summed E-state index contributed by atoms with van der Waals surface area (Å²) in [5, 5.41) is 0.557. The van der Waals surface area contributed by atoms with Crippen molar-refractivity contribution in [1.82, 2.24) is 4.90 Å². The molecule has 1 saturated heterocycles. The van der Waals surface area contributed by atoms with E-state index in [9.17, 15) is 9.59 Å². The summed E-state index contributed by atoms with van der Waals surface area (Å²) in [6.07, 6.45) is 2.19. The highest BCUT2D eigenvalue weighted by atomic mass is 35.5. The van der Waals surface area contributed by atoms with Crippen LogP contribution in [0, 0.1) is 5.92 Å². The summed E-state index contributed by atoms with van der Waals surface area (Å²) in [6.45, 7) is 7.65. The van der Waals surface area contributed by atoms with Gasteiger partial charge in [0.05, 0.1) is 17.4 Å². The zero-order valence-electron chi connectivity index (χ0n) is 18.1. The average Bonchev–Trinajstić information content (AvgIpc) is 2.99. The number of imide groups is 1. The molecule has 2 aliphatic heterocycles. The summed E-state index contributed by atoms with van der Waals surface area (Å²) in [4.78, 5) is 30.5. The quantitative estimate of drug-likeness (QED) is 0.606. The maximum absolute atomic E-state index is 13.6. The van der Waals surface area contributed by atoms with Gasteiger partial charge in [0.1, 0.15) is 11.4 Å². The predicted molar refractivity (Wildman–Crippen MR) is 123 cm³/mol. The fourth-order valence-electron chi connectivity index (χ4n) is 4.26. The van der Waals surface area contributed by atoms with Crippen molar-refractivity contribution in [3.63, 3.8) is 0 Å². The summed E-state index contributed by atoms with van der Waals surface area (Å²) in [5.41, 5.74) is 2.19. The van der Waals surface area contributed by atoms with Gasteiger partial charge in [-0.25, -0.2) is 4.90 Å². The summed E-state index contributed by atoms with van der Waals surface area (Å²) in [7, 11) is 0. The molecule has 0 bridgehead atoms. The minimum Gasteiger partial charge on any atom is -0.491 e. The van der Waals surface area contributed by atoms with Crippen LogP contribution in [-0.2, 0) is 9.59 Å². The van der Waals surface area contributed by atoms with E-state index in [0.717, 1.165) is 37.2 Å². The highest BCUT2D eigenvalue weighted by molar-refractivity contribution is 6.45. The summed E-state index contributed by atoms with van der Waals surface area (Å²) in [5.74, 6) is 0.618. The molecule has 1 fully saturated rings. The molecule has 4 rings (SSSR count). The number of carbonyl (C=O) groups excluding carboxylic acids is 2. The minimum absolute atomic E-state index is 0.0607. The third-order valence-electron chi connectivity index (χ3n) is 5.63. The second-order valence-corrected chi connectivity index (χ2v) is 8.97. The molecule has 0 saturated carbocycles. The van der Waals surface area contributed by atoms with Gasteiger partial charge < -0.3 is 9.64 Å². The largest absolute Gasteiger partial charge is 0.491 e. The van der Waals surface area contributed by atoms with Crippen molar-refractivity contribution >= 4 is 34.7 Å². The van der Waals surface area contributed by atoms with Crippen LogP contribution in [0.2, 0.25) is 5.02 Å². The Morgan fingerprint density at radius 1 is 1.00 bits per heavy atom. The van der Waals surface area contributed by atoms with E-state index in [1.165, 1.54) is 4.90 Å². The van der Waals surface area contributed by atoms with E-state index in [1.807, 2.05) is 38.1 Å². The number of anilines is 1. The number of hydrogen-bond acceptors (Lipinski definition) is 4. The van der Waals surface area contributed by atoms with Crippen LogP contribution in [0.5, 0.6) is 5.75 Å². The molecule has 2 aromatic rings. The molecule has 0 N–H and O–H groups in total. The Morgan fingerprint density at radius 3 is 2.29 bits per heavy atom. The Labute approximate surface area is 188 Å². The van der Waals surface area contributed by atoms with Crippen molar-refractivity contribution in [3.8, 4) is 5.75 Å². The summed E-state index contributed by atoms with van der Waals surface area (Å²) in [6, 6.07) is 14.2. The average molecular weight is 439 g/mol. The number of carbonyl (C=O) groups is 2. The fourth-order valence-corrected chi connectivity index (χ4v) is 4.39. The first kappa shape index (κ1) is 21.4. The number of halogens is 1. The lowest BCUT2D eigenvalue weighted by Crippen LogP contribution is -2.39. The number of likely N-dealkylation sites (tertiary alicyclic amines) is 1. The zero-order chi connectivity index (χ0) is 22.1. The van der Waals surface area contributed by atoms with E-state index in [1.54, 1.807) is 24.3 Å². The van der Waals surface area contributed by atoms with Crippen LogP contribution in [0.3, 0.4) is 0 Å². The predicted octanol–water partition coefficient (Wildman–Crippen LogP) is 5.14. The van der Waals surface area contributed by atoms with Crippen molar-refractivity contribution < 1.29 is 14.3 Å². The van der Waals surface area contributed by atoms with Gasteiger partial charge in [-0.05, 0) is 74.6 Å². The molecule has 2 aliphatic rings. The van der Waals surface area contributed by atoms with Crippen LogP contribution in [0.4, 0.5) is 5.69 Å². The number of benzene rings is 2. The normalized spacial score (nSPS) is 19.6. The van der Waals surface area contributed by atoms with Crippen molar-refractivity contribution in [1.29, 1.82) is 0 Å². The number of nitrogens with zero attached hydrogens (tertiary/aromatic N) is 2. The van der Waals surface area contributed by atoms with E-state index in [4.69, 9.17) is 16.3 Å². The van der Waals surface area contributed by atoms with E-state index in [0.29, 0.717) is 27.9 Å². The van der Waals surface area contributed by atoms with Crippen LogP contribution in [-0.4, -0.2) is 35.9 Å². The van der Waals surface area contributed by atoms with E-state index < -0.39 is 0 Å². The third kappa shape index (κ3) is 4.33. The Morgan fingerprint density at radius 2 is 1.68 bits per heavy atom. The Hall–Kier alpha value is -2.79. The molecule has 2 aromatic carbocycles. The van der Waals surface area contributed by atoms with Crippen molar-refractivity contribution in [2.45, 2.75) is 39.7 Å². The molecule has 6 heteroatoms. The summed E-state index contributed by atoms with van der Waals surface area (Å²) < 4.78 is 5.74. The Balaban J connectivity index is 1.77. The molecule has 0 aliphatic carbocycles. The van der Waals surface area contributed by atoms with Gasteiger partial charge in [0, 0.05) is 18.1 Å². The number of amides is 2. The van der Waals surface area contributed by atoms with Gasteiger partial charge in [-0.2, -0.15) is 0 Å². The van der Waals surface area contributed by atoms with Crippen LogP contribution >= 0.6 is 11.6 Å².